The Labute approximate surface area is 124 Å². The van der Waals surface area contributed by atoms with E-state index in [1.807, 2.05) is 18.2 Å². The maximum Gasteiger partial charge on any atom is 0.251 e. The molecule has 5 heteroatoms. The Kier molecular flexibility index (Phi) is 5.21. The summed E-state index contributed by atoms with van der Waals surface area (Å²) in [6, 6.07) is 5.52. The van der Waals surface area contributed by atoms with E-state index in [0.717, 1.165) is 28.4 Å². The Hall–Kier alpha value is -0.390. The van der Waals surface area contributed by atoms with Crippen LogP contribution >= 0.6 is 31.9 Å². The Morgan fingerprint density at radius 2 is 2.00 bits per heavy atom. The first-order chi connectivity index (χ1) is 8.65. The van der Waals surface area contributed by atoms with Gasteiger partial charge in [-0.3, -0.25) is 4.79 Å². The predicted octanol–water partition coefficient (Wildman–Crippen LogP) is 3.51. The molecule has 3 nitrogen and oxygen atoms in total. The maximum absolute atomic E-state index is 12.0. The summed E-state index contributed by atoms with van der Waals surface area (Å²) >= 11 is 6.75. The first kappa shape index (κ1) is 14.0. The van der Waals surface area contributed by atoms with Crippen molar-refractivity contribution in [3.63, 3.8) is 0 Å². The zero-order valence-corrected chi connectivity index (χ0v) is 13.1. The van der Waals surface area contributed by atoms with Gasteiger partial charge >= 0.3 is 0 Å². The topological polar surface area (TPSA) is 38.3 Å². The van der Waals surface area contributed by atoms with Gasteiger partial charge in [0.1, 0.15) is 0 Å². The monoisotopic (exact) mass is 375 g/mol. The van der Waals surface area contributed by atoms with Gasteiger partial charge in [-0.1, -0.05) is 31.9 Å². The lowest BCUT2D eigenvalue weighted by Gasteiger charge is -2.22. The van der Waals surface area contributed by atoms with Crippen molar-refractivity contribution in [3.05, 3.63) is 32.7 Å². The summed E-state index contributed by atoms with van der Waals surface area (Å²) in [6.45, 7) is 1.39. The number of benzene rings is 1. The molecule has 0 aliphatic carbocycles. The standard InChI is InChI=1S/C13H15Br2NO2/c14-10-5-9(6-11(15)7-10)13(17)16-8-12-3-1-2-4-18-12/h5-7,12H,1-4,8H2,(H,16,17). The summed E-state index contributed by atoms with van der Waals surface area (Å²) in [5.74, 6) is -0.0637. The lowest BCUT2D eigenvalue weighted by atomic mass is 10.1. The molecule has 0 spiro atoms. The lowest BCUT2D eigenvalue weighted by molar-refractivity contribution is 0.0169. The molecule has 1 fully saturated rings. The Morgan fingerprint density at radius 3 is 2.61 bits per heavy atom. The Morgan fingerprint density at radius 1 is 1.28 bits per heavy atom. The van der Waals surface area contributed by atoms with Gasteiger partial charge in [0.15, 0.2) is 0 Å². The maximum atomic E-state index is 12.0. The van der Waals surface area contributed by atoms with Crippen molar-refractivity contribution >= 4 is 37.8 Å². The van der Waals surface area contributed by atoms with E-state index in [9.17, 15) is 4.79 Å². The van der Waals surface area contributed by atoms with Crippen LogP contribution in [0.4, 0.5) is 0 Å². The number of halogens is 2. The van der Waals surface area contributed by atoms with Crippen LogP contribution in [0, 0.1) is 0 Å². The van der Waals surface area contributed by atoms with Crippen LogP contribution in [0.2, 0.25) is 0 Å². The molecule has 1 aromatic carbocycles. The van der Waals surface area contributed by atoms with E-state index in [1.165, 1.54) is 6.42 Å². The van der Waals surface area contributed by atoms with Crippen LogP contribution in [0.5, 0.6) is 0 Å². The molecule has 0 aromatic heterocycles. The number of carbonyl (C=O) groups excluding carboxylic acids is 1. The molecule has 1 atom stereocenters. The van der Waals surface area contributed by atoms with Crippen molar-refractivity contribution in [3.8, 4) is 0 Å². The van der Waals surface area contributed by atoms with Crippen molar-refractivity contribution < 1.29 is 9.53 Å². The van der Waals surface area contributed by atoms with Gasteiger partial charge in [0.2, 0.25) is 0 Å². The number of carbonyl (C=O) groups is 1. The van der Waals surface area contributed by atoms with Crippen LogP contribution in [0.25, 0.3) is 0 Å². The highest BCUT2D eigenvalue weighted by Crippen LogP contribution is 2.20. The first-order valence-corrected chi connectivity index (χ1v) is 7.59. The molecule has 0 saturated carbocycles. The normalized spacial score (nSPS) is 19.6. The summed E-state index contributed by atoms with van der Waals surface area (Å²) in [5, 5.41) is 2.92. The largest absolute Gasteiger partial charge is 0.376 e. The van der Waals surface area contributed by atoms with E-state index in [0.29, 0.717) is 12.1 Å². The van der Waals surface area contributed by atoms with Gasteiger partial charge in [0, 0.05) is 27.7 Å². The molecule has 1 saturated heterocycles. The molecular formula is C13H15Br2NO2. The van der Waals surface area contributed by atoms with Crippen LogP contribution in [0.1, 0.15) is 29.6 Å². The summed E-state index contributed by atoms with van der Waals surface area (Å²) in [7, 11) is 0. The predicted molar refractivity (Wildman–Crippen MR) is 77.8 cm³/mol. The highest BCUT2D eigenvalue weighted by Gasteiger charge is 2.15. The van der Waals surface area contributed by atoms with Crippen molar-refractivity contribution in [2.24, 2.45) is 0 Å². The van der Waals surface area contributed by atoms with Gasteiger partial charge in [0.25, 0.3) is 5.91 Å². The number of rotatable bonds is 3. The van der Waals surface area contributed by atoms with Crippen molar-refractivity contribution in [1.82, 2.24) is 5.32 Å². The van der Waals surface area contributed by atoms with Crippen LogP contribution in [0.15, 0.2) is 27.1 Å². The molecule has 1 unspecified atom stereocenters. The minimum atomic E-state index is -0.0637. The van der Waals surface area contributed by atoms with Gasteiger partial charge < -0.3 is 10.1 Å². The molecular weight excluding hydrogens is 362 g/mol. The van der Waals surface area contributed by atoms with E-state index in [4.69, 9.17) is 4.74 Å². The van der Waals surface area contributed by atoms with Gasteiger partial charge in [-0.15, -0.1) is 0 Å². The quantitative estimate of drug-likeness (QED) is 0.876. The van der Waals surface area contributed by atoms with E-state index >= 15 is 0 Å². The summed E-state index contributed by atoms with van der Waals surface area (Å²) in [5.41, 5.74) is 0.645. The van der Waals surface area contributed by atoms with Crippen LogP contribution < -0.4 is 5.32 Å². The van der Waals surface area contributed by atoms with Gasteiger partial charge in [-0.05, 0) is 37.5 Å². The summed E-state index contributed by atoms with van der Waals surface area (Å²) in [6.07, 6.45) is 3.51. The van der Waals surface area contributed by atoms with Crippen molar-refractivity contribution in [2.45, 2.75) is 25.4 Å². The summed E-state index contributed by atoms with van der Waals surface area (Å²) < 4.78 is 7.35. The minimum absolute atomic E-state index is 0.0637. The van der Waals surface area contributed by atoms with Crippen LogP contribution in [-0.2, 0) is 4.74 Å². The van der Waals surface area contributed by atoms with E-state index in [1.54, 1.807) is 0 Å². The Balaban J connectivity index is 1.90. The minimum Gasteiger partial charge on any atom is -0.376 e. The second kappa shape index (κ2) is 6.68. The second-order valence-corrected chi connectivity index (χ2v) is 6.19. The van der Waals surface area contributed by atoms with Crippen molar-refractivity contribution in [2.75, 3.05) is 13.2 Å². The SMILES string of the molecule is O=C(NCC1CCCCO1)c1cc(Br)cc(Br)c1. The molecule has 1 aliphatic rings. The zero-order valence-electron chi connectivity index (χ0n) is 9.92. The molecule has 1 aliphatic heterocycles. The average Bonchev–Trinajstić information content (AvgIpc) is 2.36. The van der Waals surface area contributed by atoms with E-state index < -0.39 is 0 Å². The van der Waals surface area contributed by atoms with Gasteiger partial charge in [-0.2, -0.15) is 0 Å². The van der Waals surface area contributed by atoms with E-state index in [2.05, 4.69) is 37.2 Å². The van der Waals surface area contributed by atoms with Gasteiger partial charge in [-0.25, -0.2) is 0 Å². The number of amides is 1. The summed E-state index contributed by atoms with van der Waals surface area (Å²) in [4.78, 5) is 12.0. The number of ether oxygens (including phenoxy) is 1. The molecule has 1 amide bonds. The Bertz CT molecular complexity index is 411. The number of hydrogen-bond donors (Lipinski definition) is 1. The number of nitrogens with one attached hydrogen (secondary N) is 1. The molecule has 0 bridgehead atoms. The molecule has 1 aromatic rings. The highest BCUT2D eigenvalue weighted by atomic mass is 79.9. The number of hydrogen-bond acceptors (Lipinski definition) is 2. The lowest BCUT2D eigenvalue weighted by Crippen LogP contribution is -2.35. The highest BCUT2D eigenvalue weighted by molar-refractivity contribution is 9.11. The third-order valence-corrected chi connectivity index (χ3v) is 3.80. The third kappa shape index (κ3) is 4.07. The average molecular weight is 377 g/mol. The molecule has 1 N–H and O–H groups in total. The molecule has 0 radical (unpaired) electrons. The van der Waals surface area contributed by atoms with Crippen LogP contribution in [0.3, 0.4) is 0 Å². The van der Waals surface area contributed by atoms with Gasteiger partial charge in [0.05, 0.1) is 6.10 Å². The first-order valence-electron chi connectivity index (χ1n) is 6.01. The molecule has 18 heavy (non-hydrogen) atoms. The molecule has 2 rings (SSSR count). The smallest absolute Gasteiger partial charge is 0.251 e. The zero-order chi connectivity index (χ0) is 13.0. The van der Waals surface area contributed by atoms with Crippen LogP contribution in [-0.4, -0.2) is 25.2 Å². The van der Waals surface area contributed by atoms with E-state index in [-0.39, 0.29) is 12.0 Å². The fourth-order valence-corrected chi connectivity index (χ4v) is 3.26. The molecule has 98 valence electrons. The van der Waals surface area contributed by atoms with Crippen molar-refractivity contribution in [1.29, 1.82) is 0 Å². The second-order valence-electron chi connectivity index (χ2n) is 4.36. The fraction of sp³-hybridized carbons (Fsp3) is 0.462. The molecule has 1 heterocycles. The fourth-order valence-electron chi connectivity index (χ4n) is 1.96. The third-order valence-electron chi connectivity index (χ3n) is 2.89.